The van der Waals surface area contributed by atoms with Gasteiger partial charge in [0.1, 0.15) is 5.75 Å². The summed E-state index contributed by atoms with van der Waals surface area (Å²) in [7, 11) is -3.55. The summed E-state index contributed by atoms with van der Waals surface area (Å²) in [5.41, 5.74) is 3.58. The first-order valence-corrected chi connectivity index (χ1v) is 12.0. The van der Waals surface area contributed by atoms with Crippen LogP contribution in [0.5, 0.6) is 5.75 Å². The number of sulfone groups is 1. The number of H-pyrrole nitrogens is 1. The minimum atomic E-state index is -3.55. The van der Waals surface area contributed by atoms with Gasteiger partial charge >= 0.3 is 0 Å². The van der Waals surface area contributed by atoms with Gasteiger partial charge in [-0.3, -0.25) is 19.7 Å². The predicted octanol–water partition coefficient (Wildman–Crippen LogP) is 2.19. The number of pyridine rings is 1. The van der Waals surface area contributed by atoms with Crippen LogP contribution in [0, 0.1) is 0 Å². The van der Waals surface area contributed by atoms with Crippen molar-refractivity contribution >= 4 is 9.84 Å². The summed E-state index contributed by atoms with van der Waals surface area (Å²) < 4.78 is 29.0. The monoisotopic (exact) mass is 440 g/mol. The van der Waals surface area contributed by atoms with E-state index in [0.717, 1.165) is 28.8 Å². The zero-order valence-electron chi connectivity index (χ0n) is 17.5. The van der Waals surface area contributed by atoms with E-state index in [4.69, 9.17) is 4.74 Å². The Morgan fingerprint density at radius 1 is 1.23 bits per heavy atom. The molecule has 4 rings (SSSR count). The van der Waals surface area contributed by atoms with Gasteiger partial charge in [0.05, 0.1) is 23.6 Å². The second-order valence-electron chi connectivity index (χ2n) is 7.54. The number of hydrogen-bond donors (Lipinski definition) is 1. The highest BCUT2D eigenvalue weighted by molar-refractivity contribution is 7.90. The van der Waals surface area contributed by atoms with Crippen molar-refractivity contribution in [3.63, 3.8) is 0 Å². The molecule has 0 amide bonds. The second-order valence-corrected chi connectivity index (χ2v) is 9.47. The molecule has 9 heteroatoms. The Bertz CT molecular complexity index is 1250. The highest BCUT2D eigenvalue weighted by atomic mass is 32.2. The van der Waals surface area contributed by atoms with Gasteiger partial charge in [-0.15, -0.1) is 0 Å². The van der Waals surface area contributed by atoms with Crippen LogP contribution in [-0.2, 0) is 29.3 Å². The van der Waals surface area contributed by atoms with Crippen molar-refractivity contribution in [3.8, 4) is 17.0 Å². The molecular formula is C22H24N4O4S. The van der Waals surface area contributed by atoms with Gasteiger partial charge in [-0.05, 0) is 30.7 Å². The highest BCUT2D eigenvalue weighted by Gasteiger charge is 2.23. The lowest BCUT2D eigenvalue weighted by molar-refractivity contribution is 0.240. The molecule has 1 aromatic carbocycles. The molecule has 31 heavy (non-hydrogen) atoms. The van der Waals surface area contributed by atoms with Crippen molar-refractivity contribution in [2.45, 2.75) is 31.6 Å². The van der Waals surface area contributed by atoms with Gasteiger partial charge < -0.3 is 4.74 Å². The summed E-state index contributed by atoms with van der Waals surface area (Å²) in [6, 6.07) is 11.8. The molecule has 0 fully saturated rings. The molecule has 8 nitrogen and oxygen atoms in total. The molecule has 0 aliphatic carbocycles. The fourth-order valence-corrected chi connectivity index (χ4v) is 4.18. The molecule has 0 spiro atoms. The fraction of sp³-hybridized carbons (Fsp3) is 0.318. The van der Waals surface area contributed by atoms with Crippen LogP contribution in [0.3, 0.4) is 0 Å². The van der Waals surface area contributed by atoms with Crippen molar-refractivity contribution in [3.05, 3.63) is 69.8 Å². The highest BCUT2D eigenvalue weighted by Crippen LogP contribution is 2.23. The lowest BCUT2D eigenvalue weighted by Gasteiger charge is -2.27. The summed E-state index contributed by atoms with van der Waals surface area (Å²) in [5.74, 6) is 0.815. The summed E-state index contributed by atoms with van der Waals surface area (Å²) in [6.07, 6.45) is 3.40. The number of benzene rings is 1. The van der Waals surface area contributed by atoms with Crippen LogP contribution in [0.4, 0.5) is 0 Å². The van der Waals surface area contributed by atoms with Gasteiger partial charge in [-0.2, -0.15) is 0 Å². The Labute approximate surface area is 180 Å². The third kappa shape index (κ3) is 4.83. The summed E-state index contributed by atoms with van der Waals surface area (Å²) >= 11 is 0. The fourth-order valence-electron chi connectivity index (χ4n) is 3.63. The van der Waals surface area contributed by atoms with Crippen molar-refractivity contribution < 1.29 is 13.2 Å². The van der Waals surface area contributed by atoms with Crippen molar-refractivity contribution in [2.75, 3.05) is 19.4 Å². The smallest absolute Gasteiger partial charge is 0.256 e. The predicted molar refractivity (Wildman–Crippen MR) is 117 cm³/mol. The molecule has 3 aromatic rings. The third-order valence-corrected chi connectivity index (χ3v) is 6.04. The first-order valence-electron chi connectivity index (χ1n) is 10.1. The van der Waals surface area contributed by atoms with Gasteiger partial charge in [-0.25, -0.2) is 13.4 Å². The molecule has 0 bridgehead atoms. The van der Waals surface area contributed by atoms with Crippen molar-refractivity contribution in [1.29, 1.82) is 0 Å². The second kappa shape index (κ2) is 8.60. The quantitative estimate of drug-likeness (QED) is 0.586. The minimum Gasteiger partial charge on any atom is -0.494 e. The molecule has 1 aliphatic heterocycles. The van der Waals surface area contributed by atoms with E-state index in [1.54, 1.807) is 0 Å². The molecule has 1 aliphatic rings. The van der Waals surface area contributed by atoms with Gasteiger partial charge in [0, 0.05) is 44.1 Å². The third-order valence-electron chi connectivity index (χ3n) is 5.15. The number of ether oxygens (including phenoxy) is 1. The normalized spacial score (nSPS) is 14.3. The Hall–Kier alpha value is -3.04. The van der Waals surface area contributed by atoms with Crippen LogP contribution in [0.1, 0.15) is 23.7 Å². The summed E-state index contributed by atoms with van der Waals surface area (Å²) in [6.45, 7) is 4.31. The standard InChI is InChI=1S/C22H24N4O4S/c1-3-30-17-6-4-5-16(11-17)19-8-7-15(12-23-19)13-26-10-9-20-18(14-26)21(27)25-22(24-20)31(2,28)29/h4-8,11-12H,3,9-10,13-14H2,1-2H3,(H,24,25,27). The van der Waals surface area contributed by atoms with E-state index in [2.05, 4.69) is 19.9 Å². The van der Waals surface area contributed by atoms with E-state index < -0.39 is 15.4 Å². The topological polar surface area (TPSA) is 105 Å². The van der Waals surface area contributed by atoms with Crippen LogP contribution in [0.2, 0.25) is 0 Å². The lowest BCUT2D eigenvalue weighted by atomic mass is 10.1. The van der Waals surface area contributed by atoms with Crippen LogP contribution < -0.4 is 10.3 Å². The summed E-state index contributed by atoms with van der Waals surface area (Å²) in [5, 5.41) is -0.266. The number of fused-ring (bicyclic) bond motifs is 1. The van der Waals surface area contributed by atoms with Crippen molar-refractivity contribution in [2.24, 2.45) is 0 Å². The van der Waals surface area contributed by atoms with Crippen LogP contribution >= 0.6 is 0 Å². The molecular weight excluding hydrogens is 416 g/mol. The Morgan fingerprint density at radius 2 is 2.06 bits per heavy atom. The first kappa shape index (κ1) is 21.2. The van der Waals surface area contributed by atoms with Crippen LogP contribution in [-0.4, -0.2) is 47.7 Å². The minimum absolute atomic E-state index is 0.266. The van der Waals surface area contributed by atoms with E-state index in [-0.39, 0.29) is 5.16 Å². The Kier molecular flexibility index (Phi) is 5.88. The molecule has 3 heterocycles. The summed E-state index contributed by atoms with van der Waals surface area (Å²) in [4.78, 5) is 25.7. The molecule has 0 saturated carbocycles. The molecule has 0 saturated heterocycles. The Balaban J connectivity index is 1.48. The molecule has 162 valence electrons. The van der Waals surface area contributed by atoms with E-state index in [9.17, 15) is 13.2 Å². The first-order chi connectivity index (χ1) is 14.8. The number of rotatable bonds is 6. The van der Waals surface area contributed by atoms with E-state index in [1.807, 2.05) is 49.5 Å². The zero-order valence-corrected chi connectivity index (χ0v) is 18.3. The average molecular weight is 441 g/mol. The maximum absolute atomic E-state index is 12.4. The number of nitrogens with one attached hydrogen (secondary N) is 1. The van der Waals surface area contributed by atoms with E-state index in [1.165, 1.54) is 0 Å². The van der Waals surface area contributed by atoms with Gasteiger partial charge in [0.15, 0.2) is 0 Å². The maximum atomic E-state index is 12.4. The zero-order chi connectivity index (χ0) is 22.0. The largest absolute Gasteiger partial charge is 0.494 e. The number of nitrogens with zero attached hydrogens (tertiary/aromatic N) is 3. The van der Waals surface area contributed by atoms with Gasteiger partial charge in [0.25, 0.3) is 5.56 Å². The average Bonchev–Trinajstić information content (AvgIpc) is 2.74. The van der Waals surface area contributed by atoms with E-state index >= 15 is 0 Å². The SMILES string of the molecule is CCOc1cccc(-c2ccc(CN3CCc4nc(S(C)(=O)=O)[nH]c(=O)c4C3)cn2)c1. The number of aromatic amines is 1. The lowest BCUT2D eigenvalue weighted by Crippen LogP contribution is -2.36. The molecule has 0 unspecified atom stereocenters. The number of hydrogen-bond acceptors (Lipinski definition) is 7. The maximum Gasteiger partial charge on any atom is 0.256 e. The van der Waals surface area contributed by atoms with Gasteiger partial charge in [0.2, 0.25) is 15.0 Å². The molecule has 2 aromatic heterocycles. The molecule has 1 N–H and O–H groups in total. The van der Waals surface area contributed by atoms with E-state index in [0.29, 0.717) is 43.9 Å². The molecule has 0 radical (unpaired) electrons. The van der Waals surface area contributed by atoms with Crippen molar-refractivity contribution in [1.82, 2.24) is 19.9 Å². The number of aromatic nitrogens is 3. The van der Waals surface area contributed by atoms with Crippen LogP contribution in [0.15, 0.2) is 52.5 Å². The Morgan fingerprint density at radius 3 is 2.77 bits per heavy atom. The van der Waals surface area contributed by atoms with Crippen LogP contribution in [0.25, 0.3) is 11.3 Å². The van der Waals surface area contributed by atoms with Gasteiger partial charge in [-0.1, -0.05) is 18.2 Å². The molecule has 0 atom stereocenters.